The molecule has 0 saturated carbocycles. The first-order valence-corrected chi connectivity index (χ1v) is 6.85. The molecule has 1 heterocycles. The average molecular weight is 239 g/mol. The molecule has 1 nitrogen and oxygen atoms in total. The molecule has 1 saturated heterocycles. The minimum atomic E-state index is -0.166. The van der Waals surface area contributed by atoms with Gasteiger partial charge in [-0.2, -0.15) is 11.8 Å². The Kier molecular flexibility index (Phi) is 3.87. The highest BCUT2D eigenvalue weighted by Crippen LogP contribution is 2.28. The Balaban J connectivity index is 1.97. The summed E-state index contributed by atoms with van der Waals surface area (Å²) in [7, 11) is 0. The molecule has 0 aromatic heterocycles. The van der Waals surface area contributed by atoms with Crippen LogP contribution in [0.1, 0.15) is 31.9 Å². The first-order valence-electron chi connectivity index (χ1n) is 5.80. The van der Waals surface area contributed by atoms with E-state index in [1.54, 1.807) is 0 Å². The fourth-order valence-corrected chi connectivity index (χ4v) is 3.33. The Morgan fingerprint density at radius 2 is 2.06 bits per heavy atom. The van der Waals surface area contributed by atoms with Crippen molar-refractivity contribution in [3.8, 4) is 0 Å². The summed E-state index contributed by atoms with van der Waals surface area (Å²) in [5, 5.41) is 4.30. The number of nitrogens with one attached hydrogen (secondary N) is 1. The predicted octanol–water partition coefficient (Wildman–Crippen LogP) is 3.37. The second kappa shape index (κ2) is 5.19. The van der Waals surface area contributed by atoms with Crippen LogP contribution in [0.5, 0.6) is 0 Å². The fraction of sp³-hybridized carbons (Fsp3) is 0.538. The van der Waals surface area contributed by atoms with Crippen LogP contribution in [0.2, 0.25) is 0 Å². The van der Waals surface area contributed by atoms with Gasteiger partial charge in [-0.25, -0.2) is 4.39 Å². The normalized spacial score (nSPS) is 26.9. The predicted molar refractivity (Wildman–Crippen MR) is 68.3 cm³/mol. The summed E-state index contributed by atoms with van der Waals surface area (Å²) >= 11 is 2.02. The van der Waals surface area contributed by atoms with E-state index in [9.17, 15) is 4.39 Å². The average Bonchev–Trinajstić information content (AvgIpc) is 2.65. The molecule has 3 heteroatoms. The Morgan fingerprint density at radius 3 is 2.62 bits per heavy atom. The smallest absolute Gasteiger partial charge is 0.123 e. The molecule has 1 aliphatic heterocycles. The Morgan fingerprint density at radius 1 is 1.38 bits per heavy atom. The standard InChI is InChI=1S/C13H18FNS/c1-9(11-3-5-12(14)6-4-11)15-13-7-8-16-10(13)2/h3-6,9-10,13,15H,7-8H2,1-2H3/t9-,10?,13?/m1/s1. The maximum Gasteiger partial charge on any atom is 0.123 e. The molecule has 2 rings (SSSR count). The van der Waals surface area contributed by atoms with Crippen molar-refractivity contribution in [1.82, 2.24) is 5.32 Å². The molecular weight excluding hydrogens is 221 g/mol. The van der Waals surface area contributed by atoms with E-state index in [1.165, 1.54) is 24.3 Å². The summed E-state index contributed by atoms with van der Waals surface area (Å²) < 4.78 is 12.8. The van der Waals surface area contributed by atoms with Crippen molar-refractivity contribution in [3.05, 3.63) is 35.6 Å². The zero-order chi connectivity index (χ0) is 11.5. The summed E-state index contributed by atoms with van der Waals surface area (Å²) in [6.07, 6.45) is 1.23. The van der Waals surface area contributed by atoms with Gasteiger partial charge in [-0.3, -0.25) is 0 Å². The summed E-state index contributed by atoms with van der Waals surface area (Å²) in [6.45, 7) is 4.41. The van der Waals surface area contributed by atoms with Gasteiger partial charge in [0, 0.05) is 17.3 Å². The molecule has 0 radical (unpaired) electrons. The largest absolute Gasteiger partial charge is 0.306 e. The van der Waals surface area contributed by atoms with E-state index in [-0.39, 0.29) is 5.82 Å². The van der Waals surface area contributed by atoms with Crippen LogP contribution in [0.15, 0.2) is 24.3 Å². The van der Waals surface area contributed by atoms with Crippen molar-refractivity contribution >= 4 is 11.8 Å². The van der Waals surface area contributed by atoms with E-state index in [0.717, 1.165) is 5.56 Å². The Bertz CT molecular complexity index is 338. The minimum Gasteiger partial charge on any atom is -0.306 e. The van der Waals surface area contributed by atoms with Crippen molar-refractivity contribution in [3.63, 3.8) is 0 Å². The number of hydrogen-bond donors (Lipinski definition) is 1. The van der Waals surface area contributed by atoms with Gasteiger partial charge in [-0.15, -0.1) is 0 Å². The van der Waals surface area contributed by atoms with Gasteiger partial charge in [0.05, 0.1) is 0 Å². The van der Waals surface area contributed by atoms with Crippen LogP contribution in [0.3, 0.4) is 0 Å². The van der Waals surface area contributed by atoms with Gasteiger partial charge in [0.15, 0.2) is 0 Å². The van der Waals surface area contributed by atoms with Crippen LogP contribution < -0.4 is 5.32 Å². The molecule has 0 spiro atoms. The topological polar surface area (TPSA) is 12.0 Å². The molecule has 0 amide bonds. The van der Waals surface area contributed by atoms with Gasteiger partial charge in [-0.1, -0.05) is 19.1 Å². The van der Waals surface area contributed by atoms with E-state index in [2.05, 4.69) is 19.2 Å². The van der Waals surface area contributed by atoms with E-state index < -0.39 is 0 Å². The highest BCUT2D eigenvalue weighted by molar-refractivity contribution is 8.00. The van der Waals surface area contributed by atoms with Crippen molar-refractivity contribution in [2.24, 2.45) is 0 Å². The first-order chi connectivity index (χ1) is 7.66. The van der Waals surface area contributed by atoms with Crippen LogP contribution in [0.4, 0.5) is 4.39 Å². The summed E-state index contributed by atoms with van der Waals surface area (Å²) in [6, 6.07) is 7.66. The van der Waals surface area contributed by atoms with Gasteiger partial charge in [0.2, 0.25) is 0 Å². The molecule has 3 atom stereocenters. The maximum absolute atomic E-state index is 12.8. The lowest BCUT2D eigenvalue weighted by atomic mass is 10.1. The van der Waals surface area contributed by atoms with Gasteiger partial charge < -0.3 is 5.32 Å². The molecule has 1 aromatic carbocycles. The van der Waals surface area contributed by atoms with E-state index in [0.29, 0.717) is 17.3 Å². The van der Waals surface area contributed by atoms with E-state index in [1.807, 2.05) is 23.9 Å². The summed E-state index contributed by atoms with van der Waals surface area (Å²) in [5.41, 5.74) is 1.16. The second-order valence-electron chi connectivity index (χ2n) is 4.41. The number of halogens is 1. The van der Waals surface area contributed by atoms with Crippen LogP contribution in [-0.2, 0) is 0 Å². The molecule has 1 aromatic rings. The highest BCUT2D eigenvalue weighted by atomic mass is 32.2. The van der Waals surface area contributed by atoms with Gasteiger partial charge in [0.25, 0.3) is 0 Å². The number of rotatable bonds is 3. The zero-order valence-electron chi connectivity index (χ0n) is 9.74. The van der Waals surface area contributed by atoms with E-state index >= 15 is 0 Å². The van der Waals surface area contributed by atoms with Crippen molar-refractivity contribution in [2.75, 3.05) is 5.75 Å². The Hall–Kier alpha value is -0.540. The lowest BCUT2D eigenvalue weighted by molar-refractivity contribution is 0.453. The maximum atomic E-state index is 12.8. The molecule has 1 N–H and O–H groups in total. The zero-order valence-corrected chi connectivity index (χ0v) is 10.6. The van der Waals surface area contributed by atoms with Crippen molar-refractivity contribution < 1.29 is 4.39 Å². The SMILES string of the molecule is CC1SCCC1N[C@H](C)c1ccc(F)cc1. The minimum absolute atomic E-state index is 0.166. The molecule has 1 aliphatic rings. The molecule has 0 aliphatic carbocycles. The third-order valence-electron chi connectivity index (χ3n) is 3.21. The van der Waals surface area contributed by atoms with Crippen LogP contribution in [0.25, 0.3) is 0 Å². The molecule has 16 heavy (non-hydrogen) atoms. The molecule has 1 fully saturated rings. The number of thioether (sulfide) groups is 1. The van der Waals surface area contributed by atoms with Crippen molar-refractivity contribution in [1.29, 1.82) is 0 Å². The van der Waals surface area contributed by atoms with Gasteiger partial charge in [0.1, 0.15) is 5.82 Å². The number of hydrogen-bond acceptors (Lipinski definition) is 2. The quantitative estimate of drug-likeness (QED) is 0.868. The lowest BCUT2D eigenvalue weighted by Crippen LogP contribution is -2.35. The van der Waals surface area contributed by atoms with Gasteiger partial charge >= 0.3 is 0 Å². The molecular formula is C13H18FNS. The van der Waals surface area contributed by atoms with Gasteiger partial charge in [-0.05, 0) is 36.8 Å². The summed E-state index contributed by atoms with van der Waals surface area (Å²) in [4.78, 5) is 0. The third kappa shape index (κ3) is 2.77. The third-order valence-corrected chi connectivity index (χ3v) is 4.54. The van der Waals surface area contributed by atoms with E-state index in [4.69, 9.17) is 0 Å². The van der Waals surface area contributed by atoms with Crippen LogP contribution >= 0.6 is 11.8 Å². The monoisotopic (exact) mass is 239 g/mol. The molecule has 2 unspecified atom stereocenters. The molecule has 0 bridgehead atoms. The number of benzene rings is 1. The first kappa shape index (κ1) is 11.9. The lowest BCUT2D eigenvalue weighted by Gasteiger charge is -2.22. The molecule has 88 valence electrons. The van der Waals surface area contributed by atoms with Crippen LogP contribution in [-0.4, -0.2) is 17.0 Å². The Labute approximate surface area is 101 Å². The summed E-state index contributed by atoms with van der Waals surface area (Å²) in [5.74, 6) is 1.08. The van der Waals surface area contributed by atoms with Crippen molar-refractivity contribution in [2.45, 2.75) is 37.6 Å². The second-order valence-corrected chi connectivity index (χ2v) is 5.90. The fourth-order valence-electron chi connectivity index (χ4n) is 2.12. The van der Waals surface area contributed by atoms with Crippen LogP contribution in [0, 0.1) is 5.82 Å². The highest BCUT2D eigenvalue weighted by Gasteiger charge is 2.25.